The number of alkyl halides is 3. The van der Waals surface area contributed by atoms with Gasteiger partial charge in [0.15, 0.2) is 0 Å². The van der Waals surface area contributed by atoms with Crippen molar-refractivity contribution in [1.29, 1.82) is 0 Å². The van der Waals surface area contributed by atoms with Crippen molar-refractivity contribution in [2.24, 2.45) is 0 Å². The van der Waals surface area contributed by atoms with Gasteiger partial charge in [0.05, 0.1) is 0 Å². The molecule has 0 spiro atoms. The highest BCUT2D eigenvalue weighted by molar-refractivity contribution is 6.30. The highest BCUT2D eigenvalue weighted by Crippen LogP contribution is 2.17. The number of halogens is 4. The number of rotatable bonds is 6. The van der Waals surface area contributed by atoms with Gasteiger partial charge in [0.25, 0.3) is 5.91 Å². The normalized spacial score (nSPS) is 14.6. The van der Waals surface area contributed by atoms with Crippen molar-refractivity contribution < 1.29 is 33.0 Å². The van der Waals surface area contributed by atoms with Crippen molar-refractivity contribution in [2.45, 2.75) is 25.7 Å². The third kappa shape index (κ3) is 10.2. The van der Waals surface area contributed by atoms with Gasteiger partial charge in [-0.1, -0.05) is 35.9 Å². The largest absolute Gasteiger partial charge is 0.508 e. The van der Waals surface area contributed by atoms with E-state index in [1.54, 1.807) is 30.3 Å². The standard InChI is InChI=1S/C26H28ClN3O2.C2HF3O2/c27-23-9-11-24(12-10-23)28-26(32)22-7-5-20(6-8-22)18-29-13-2-14-30(16-15-29)19-21-3-1-4-25(31)17-21;3-2(4,5)1(6)7/h1,3-12,17,31H,2,13-16,18-19H2,(H,28,32);(H,6,7). The van der Waals surface area contributed by atoms with E-state index in [9.17, 15) is 23.1 Å². The zero-order valence-electron chi connectivity index (χ0n) is 21.0. The van der Waals surface area contributed by atoms with Gasteiger partial charge in [0, 0.05) is 42.5 Å². The molecule has 1 amide bonds. The number of nitrogens with one attached hydrogen (secondary N) is 1. The van der Waals surface area contributed by atoms with E-state index in [1.165, 1.54) is 5.56 Å². The number of carboxylic acids is 1. The summed E-state index contributed by atoms with van der Waals surface area (Å²) in [5.41, 5.74) is 3.71. The summed E-state index contributed by atoms with van der Waals surface area (Å²) in [4.78, 5) is 26.3. The minimum absolute atomic E-state index is 0.128. The Morgan fingerprint density at radius 1 is 0.846 bits per heavy atom. The number of aromatic hydroxyl groups is 1. The molecule has 1 aliphatic rings. The van der Waals surface area contributed by atoms with Gasteiger partial charge >= 0.3 is 12.1 Å². The van der Waals surface area contributed by atoms with E-state index in [-0.39, 0.29) is 5.91 Å². The number of hydrogen-bond donors (Lipinski definition) is 3. The molecule has 7 nitrogen and oxygen atoms in total. The van der Waals surface area contributed by atoms with Gasteiger partial charge in [-0.3, -0.25) is 14.6 Å². The Balaban J connectivity index is 0.000000532. The second-order valence-corrected chi connectivity index (χ2v) is 9.47. The minimum Gasteiger partial charge on any atom is -0.508 e. The molecular formula is C28H29ClF3N3O4. The molecule has 0 unspecified atom stereocenters. The lowest BCUT2D eigenvalue weighted by molar-refractivity contribution is -0.192. The van der Waals surface area contributed by atoms with Gasteiger partial charge in [-0.05, 0) is 79.2 Å². The van der Waals surface area contributed by atoms with E-state index < -0.39 is 12.1 Å². The maximum atomic E-state index is 12.5. The second kappa shape index (κ2) is 14.0. The molecule has 3 aromatic carbocycles. The zero-order chi connectivity index (χ0) is 28.4. The highest BCUT2D eigenvalue weighted by atomic mass is 35.5. The molecule has 3 aromatic rings. The van der Waals surface area contributed by atoms with E-state index >= 15 is 0 Å². The summed E-state index contributed by atoms with van der Waals surface area (Å²) < 4.78 is 31.7. The van der Waals surface area contributed by atoms with Crippen LogP contribution < -0.4 is 5.32 Å². The van der Waals surface area contributed by atoms with Crippen LogP contribution >= 0.6 is 11.6 Å². The first-order chi connectivity index (χ1) is 18.5. The molecular weight excluding hydrogens is 535 g/mol. The summed E-state index contributed by atoms with van der Waals surface area (Å²) >= 11 is 5.89. The SMILES string of the molecule is O=C(Nc1ccc(Cl)cc1)c1ccc(CN2CCCN(Cc3cccc(O)c3)CC2)cc1.O=C(O)C(F)(F)F. The summed E-state index contributed by atoms with van der Waals surface area (Å²) in [6, 6.07) is 22.4. The Morgan fingerprint density at radius 3 is 1.95 bits per heavy atom. The molecule has 1 heterocycles. The van der Waals surface area contributed by atoms with Crippen LogP contribution in [-0.2, 0) is 17.9 Å². The molecule has 0 aromatic heterocycles. The number of amides is 1. The topological polar surface area (TPSA) is 93.1 Å². The fraction of sp³-hybridized carbons (Fsp3) is 0.286. The number of benzene rings is 3. The summed E-state index contributed by atoms with van der Waals surface area (Å²) in [5.74, 6) is -2.56. The van der Waals surface area contributed by atoms with Crippen molar-refractivity contribution in [2.75, 3.05) is 31.5 Å². The number of carbonyl (C=O) groups is 2. The molecule has 1 fully saturated rings. The summed E-state index contributed by atoms with van der Waals surface area (Å²) in [5, 5.41) is 20.3. The van der Waals surface area contributed by atoms with Gasteiger partial charge < -0.3 is 15.5 Å². The first-order valence-electron chi connectivity index (χ1n) is 12.2. The Kier molecular flexibility index (Phi) is 10.7. The average molecular weight is 564 g/mol. The van der Waals surface area contributed by atoms with Crippen LogP contribution in [0, 0.1) is 0 Å². The van der Waals surface area contributed by atoms with Crippen molar-refractivity contribution in [3.63, 3.8) is 0 Å². The number of phenols is 1. The first-order valence-corrected chi connectivity index (χ1v) is 12.6. The van der Waals surface area contributed by atoms with Crippen LogP contribution in [0.25, 0.3) is 0 Å². The molecule has 4 rings (SSSR count). The van der Waals surface area contributed by atoms with E-state index in [2.05, 4.69) is 21.2 Å². The molecule has 0 radical (unpaired) electrons. The van der Waals surface area contributed by atoms with Gasteiger partial charge in [0.1, 0.15) is 5.75 Å². The summed E-state index contributed by atoms with van der Waals surface area (Å²) in [6.45, 7) is 5.83. The van der Waals surface area contributed by atoms with Gasteiger partial charge in [0.2, 0.25) is 0 Å². The number of anilines is 1. The maximum Gasteiger partial charge on any atom is 0.490 e. The predicted octanol–water partition coefficient (Wildman–Crippen LogP) is 5.64. The molecule has 3 N–H and O–H groups in total. The summed E-state index contributed by atoms with van der Waals surface area (Å²) in [7, 11) is 0. The second-order valence-electron chi connectivity index (χ2n) is 9.04. The lowest BCUT2D eigenvalue weighted by Gasteiger charge is -2.22. The zero-order valence-corrected chi connectivity index (χ0v) is 21.8. The lowest BCUT2D eigenvalue weighted by atomic mass is 10.1. The molecule has 39 heavy (non-hydrogen) atoms. The Hall–Kier alpha value is -3.60. The third-order valence-electron chi connectivity index (χ3n) is 5.96. The molecule has 1 saturated heterocycles. The first kappa shape index (κ1) is 29.9. The van der Waals surface area contributed by atoms with Crippen molar-refractivity contribution in [1.82, 2.24) is 9.80 Å². The van der Waals surface area contributed by atoms with Crippen LogP contribution in [0.3, 0.4) is 0 Å². The molecule has 1 aliphatic heterocycles. The number of carbonyl (C=O) groups excluding carboxylic acids is 1. The monoisotopic (exact) mass is 563 g/mol. The average Bonchev–Trinajstić information content (AvgIpc) is 3.10. The summed E-state index contributed by atoms with van der Waals surface area (Å²) in [6.07, 6.45) is -3.97. The fourth-order valence-electron chi connectivity index (χ4n) is 4.01. The van der Waals surface area contributed by atoms with E-state index in [0.717, 1.165) is 56.9 Å². The minimum atomic E-state index is -5.08. The van der Waals surface area contributed by atoms with Crippen LogP contribution in [0.2, 0.25) is 5.02 Å². The maximum absolute atomic E-state index is 12.5. The van der Waals surface area contributed by atoms with Crippen LogP contribution in [0.5, 0.6) is 5.75 Å². The number of nitrogens with zero attached hydrogens (tertiary/aromatic N) is 2. The molecule has 0 atom stereocenters. The van der Waals surface area contributed by atoms with E-state index in [0.29, 0.717) is 16.3 Å². The quantitative estimate of drug-likeness (QED) is 0.359. The van der Waals surface area contributed by atoms with E-state index in [4.69, 9.17) is 21.5 Å². The Morgan fingerprint density at radius 2 is 1.41 bits per heavy atom. The smallest absolute Gasteiger partial charge is 0.490 e. The number of phenolic OH excluding ortho intramolecular Hbond substituents is 1. The molecule has 208 valence electrons. The predicted molar refractivity (Wildman–Crippen MR) is 143 cm³/mol. The van der Waals surface area contributed by atoms with Gasteiger partial charge in [-0.25, -0.2) is 4.79 Å². The Bertz CT molecular complexity index is 1240. The Labute approximate surface area is 229 Å². The molecule has 0 saturated carbocycles. The van der Waals surface area contributed by atoms with Crippen molar-refractivity contribution >= 4 is 29.2 Å². The number of aliphatic carboxylic acids is 1. The van der Waals surface area contributed by atoms with Crippen molar-refractivity contribution in [3.8, 4) is 5.75 Å². The molecule has 0 aliphatic carbocycles. The van der Waals surface area contributed by atoms with Gasteiger partial charge in [-0.2, -0.15) is 13.2 Å². The van der Waals surface area contributed by atoms with Crippen LogP contribution in [0.15, 0.2) is 72.8 Å². The van der Waals surface area contributed by atoms with Gasteiger partial charge in [-0.15, -0.1) is 0 Å². The van der Waals surface area contributed by atoms with Crippen molar-refractivity contribution in [3.05, 3.63) is 94.5 Å². The van der Waals surface area contributed by atoms with E-state index in [1.807, 2.05) is 36.4 Å². The number of carboxylic acid groups (broad SMARTS) is 1. The number of hydrogen-bond acceptors (Lipinski definition) is 5. The van der Waals surface area contributed by atoms with Crippen LogP contribution in [-0.4, -0.2) is 64.2 Å². The fourth-order valence-corrected chi connectivity index (χ4v) is 4.14. The molecule has 0 bridgehead atoms. The third-order valence-corrected chi connectivity index (χ3v) is 6.22. The molecule has 11 heteroatoms. The van der Waals surface area contributed by atoms with Crippen LogP contribution in [0.1, 0.15) is 27.9 Å². The highest BCUT2D eigenvalue weighted by Gasteiger charge is 2.38. The lowest BCUT2D eigenvalue weighted by Crippen LogP contribution is -2.30. The van der Waals surface area contributed by atoms with Crippen LogP contribution in [0.4, 0.5) is 18.9 Å².